The fourth-order valence-corrected chi connectivity index (χ4v) is 4.75. The number of hydrogen-bond acceptors (Lipinski definition) is 5. The third kappa shape index (κ3) is 2.98. The van der Waals surface area contributed by atoms with E-state index in [-0.39, 0.29) is 23.5 Å². The Balaban J connectivity index is 2.06. The summed E-state index contributed by atoms with van der Waals surface area (Å²) in [5.74, 6) is 0.755. The highest BCUT2D eigenvalue weighted by molar-refractivity contribution is 5.44. The number of methoxy groups -OCH3 is 4. The Labute approximate surface area is 161 Å². The molecule has 1 heterocycles. The second-order valence-corrected chi connectivity index (χ2v) is 7.30. The molecule has 148 valence electrons. The zero-order valence-electron chi connectivity index (χ0n) is 16.9. The highest BCUT2D eigenvalue weighted by Gasteiger charge is 2.64. The molecule has 0 saturated carbocycles. The normalized spacial score (nSPS) is 34.9. The first-order chi connectivity index (χ1) is 13.0. The zero-order valence-corrected chi connectivity index (χ0v) is 16.9. The van der Waals surface area contributed by atoms with Crippen LogP contribution in [-0.2, 0) is 14.2 Å². The van der Waals surface area contributed by atoms with Crippen molar-refractivity contribution in [2.75, 3.05) is 28.4 Å². The molecule has 1 saturated heterocycles. The van der Waals surface area contributed by atoms with Crippen molar-refractivity contribution >= 4 is 0 Å². The minimum atomic E-state index is -0.812. The van der Waals surface area contributed by atoms with Crippen LogP contribution in [0.4, 0.5) is 0 Å². The van der Waals surface area contributed by atoms with Crippen LogP contribution in [0.25, 0.3) is 0 Å². The minimum Gasteiger partial charge on any atom is -0.493 e. The highest BCUT2D eigenvalue weighted by Crippen LogP contribution is 2.63. The van der Waals surface area contributed by atoms with Crippen molar-refractivity contribution in [1.29, 1.82) is 0 Å². The first-order valence-corrected chi connectivity index (χ1v) is 9.28. The fraction of sp³-hybridized carbons (Fsp3) is 0.545. The van der Waals surface area contributed by atoms with Gasteiger partial charge in [-0.2, -0.15) is 0 Å². The van der Waals surface area contributed by atoms with E-state index in [1.165, 1.54) is 0 Å². The summed E-state index contributed by atoms with van der Waals surface area (Å²) in [4.78, 5) is 0. The van der Waals surface area contributed by atoms with Gasteiger partial charge in [-0.1, -0.05) is 25.1 Å². The van der Waals surface area contributed by atoms with Gasteiger partial charge in [-0.05, 0) is 42.5 Å². The van der Waals surface area contributed by atoms with Crippen LogP contribution < -0.4 is 9.47 Å². The van der Waals surface area contributed by atoms with Crippen LogP contribution in [0.5, 0.6) is 11.5 Å². The Bertz CT molecular complexity index is 715. The predicted octanol–water partition coefficient (Wildman–Crippen LogP) is 4.29. The quantitative estimate of drug-likeness (QED) is 0.666. The van der Waals surface area contributed by atoms with E-state index in [1.807, 2.05) is 36.4 Å². The Morgan fingerprint density at radius 1 is 1.19 bits per heavy atom. The summed E-state index contributed by atoms with van der Waals surface area (Å²) >= 11 is 0. The molecule has 1 aromatic carbocycles. The summed E-state index contributed by atoms with van der Waals surface area (Å²) in [5, 5.41) is 0. The first-order valence-electron chi connectivity index (χ1n) is 9.28. The van der Waals surface area contributed by atoms with Crippen LogP contribution in [0.3, 0.4) is 0 Å². The SMILES string of the molecule is C=CC[C@]12C[C@@H](OC)C=C[C@]1(OC)O[C@@H](c1ccc(OC)c(OC)c1)[C@H]2C. The number of ether oxygens (including phenoxy) is 5. The minimum absolute atomic E-state index is 0.0310. The number of fused-ring (bicyclic) bond motifs is 1. The standard InChI is InChI=1S/C22H30O5/c1-7-11-21-14-17(23-3)10-12-22(21,26-6)27-20(15(21)2)16-8-9-18(24-4)19(13-16)25-5/h7-10,12-13,15,17,20H,1,11,14H2,2-6H3/t15-,17+,20-,21-,22+/m1/s1. The lowest BCUT2D eigenvalue weighted by Gasteiger charge is -2.47. The molecule has 0 spiro atoms. The van der Waals surface area contributed by atoms with Crippen molar-refractivity contribution in [3.8, 4) is 11.5 Å². The molecule has 0 radical (unpaired) electrons. The van der Waals surface area contributed by atoms with Crippen molar-refractivity contribution < 1.29 is 23.7 Å². The van der Waals surface area contributed by atoms with Gasteiger partial charge in [0.25, 0.3) is 0 Å². The molecule has 5 heteroatoms. The molecular weight excluding hydrogens is 344 g/mol. The zero-order chi connectivity index (χ0) is 19.7. The maximum atomic E-state index is 6.61. The second-order valence-electron chi connectivity index (χ2n) is 7.30. The molecule has 1 aliphatic heterocycles. The molecule has 1 aliphatic carbocycles. The van der Waals surface area contributed by atoms with Crippen molar-refractivity contribution in [3.63, 3.8) is 0 Å². The lowest BCUT2D eigenvalue weighted by atomic mass is 9.62. The third-order valence-electron chi connectivity index (χ3n) is 6.27. The smallest absolute Gasteiger partial charge is 0.194 e. The number of allylic oxidation sites excluding steroid dienone is 1. The summed E-state index contributed by atoms with van der Waals surface area (Å²) in [5.41, 5.74) is 0.772. The largest absolute Gasteiger partial charge is 0.493 e. The molecule has 0 unspecified atom stereocenters. The van der Waals surface area contributed by atoms with E-state index in [1.54, 1.807) is 28.4 Å². The first kappa shape index (κ1) is 19.9. The third-order valence-corrected chi connectivity index (χ3v) is 6.27. The van der Waals surface area contributed by atoms with Crippen LogP contribution in [0.2, 0.25) is 0 Å². The average molecular weight is 374 g/mol. The van der Waals surface area contributed by atoms with Crippen LogP contribution in [0, 0.1) is 11.3 Å². The second kappa shape index (κ2) is 7.66. The van der Waals surface area contributed by atoms with E-state index in [9.17, 15) is 0 Å². The number of benzene rings is 1. The van der Waals surface area contributed by atoms with Crippen molar-refractivity contribution in [2.24, 2.45) is 11.3 Å². The van der Waals surface area contributed by atoms with Gasteiger partial charge >= 0.3 is 0 Å². The molecule has 1 aromatic rings. The molecule has 1 fully saturated rings. The van der Waals surface area contributed by atoms with E-state index in [0.29, 0.717) is 11.5 Å². The van der Waals surface area contributed by atoms with Crippen molar-refractivity contribution in [2.45, 2.75) is 37.8 Å². The number of hydrogen-bond donors (Lipinski definition) is 0. The van der Waals surface area contributed by atoms with Crippen molar-refractivity contribution in [1.82, 2.24) is 0 Å². The van der Waals surface area contributed by atoms with Crippen LogP contribution >= 0.6 is 0 Å². The van der Waals surface area contributed by atoms with E-state index in [2.05, 4.69) is 13.5 Å². The van der Waals surface area contributed by atoms with Gasteiger partial charge in [-0.15, -0.1) is 6.58 Å². The molecule has 5 atom stereocenters. The van der Waals surface area contributed by atoms with Gasteiger partial charge in [0.05, 0.1) is 26.4 Å². The van der Waals surface area contributed by atoms with E-state index in [4.69, 9.17) is 23.7 Å². The average Bonchev–Trinajstić information content (AvgIpc) is 2.96. The summed E-state index contributed by atoms with van der Waals surface area (Å²) in [6.07, 6.45) is 7.48. The molecule has 0 bridgehead atoms. The molecular formula is C22H30O5. The predicted molar refractivity (Wildman–Crippen MR) is 104 cm³/mol. The summed E-state index contributed by atoms with van der Waals surface area (Å²) in [6, 6.07) is 5.93. The van der Waals surface area contributed by atoms with Gasteiger partial charge in [0.1, 0.15) is 0 Å². The summed E-state index contributed by atoms with van der Waals surface area (Å²) in [7, 11) is 6.72. The maximum Gasteiger partial charge on any atom is 0.194 e. The molecule has 27 heavy (non-hydrogen) atoms. The maximum absolute atomic E-state index is 6.61. The molecule has 0 aromatic heterocycles. The van der Waals surface area contributed by atoms with Gasteiger partial charge in [-0.25, -0.2) is 0 Å². The highest BCUT2D eigenvalue weighted by atomic mass is 16.7. The molecule has 5 nitrogen and oxygen atoms in total. The van der Waals surface area contributed by atoms with Gasteiger partial charge in [-0.3, -0.25) is 0 Å². The lowest BCUT2D eigenvalue weighted by Crippen LogP contribution is -2.51. The lowest BCUT2D eigenvalue weighted by molar-refractivity contribution is -0.234. The van der Waals surface area contributed by atoms with Gasteiger partial charge in [0.15, 0.2) is 17.3 Å². The Hall–Kier alpha value is -1.82. The Morgan fingerprint density at radius 3 is 2.52 bits per heavy atom. The molecule has 0 amide bonds. The summed E-state index contributed by atoms with van der Waals surface area (Å²) in [6.45, 7) is 6.22. The van der Waals surface area contributed by atoms with Crippen LogP contribution in [0.1, 0.15) is 31.4 Å². The summed E-state index contributed by atoms with van der Waals surface area (Å²) < 4.78 is 29.1. The van der Waals surface area contributed by atoms with Gasteiger partial charge in [0.2, 0.25) is 0 Å². The Kier molecular flexibility index (Phi) is 5.65. The number of rotatable bonds is 7. The van der Waals surface area contributed by atoms with E-state index in [0.717, 1.165) is 18.4 Å². The van der Waals surface area contributed by atoms with E-state index < -0.39 is 5.79 Å². The molecule has 2 aliphatic rings. The topological polar surface area (TPSA) is 46.2 Å². The Morgan fingerprint density at radius 2 is 1.93 bits per heavy atom. The monoisotopic (exact) mass is 374 g/mol. The van der Waals surface area contributed by atoms with Crippen molar-refractivity contribution in [3.05, 3.63) is 48.6 Å². The molecule has 0 N–H and O–H groups in total. The fourth-order valence-electron chi connectivity index (χ4n) is 4.75. The molecule has 3 rings (SSSR count). The van der Waals surface area contributed by atoms with Gasteiger partial charge in [0, 0.05) is 19.6 Å². The van der Waals surface area contributed by atoms with E-state index >= 15 is 0 Å². The van der Waals surface area contributed by atoms with Crippen LogP contribution in [0.15, 0.2) is 43.0 Å². The van der Waals surface area contributed by atoms with Gasteiger partial charge < -0.3 is 23.7 Å². The van der Waals surface area contributed by atoms with Crippen LogP contribution in [-0.4, -0.2) is 40.3 Å².